The van der Waals surface area contributed by atoms with E-state index >= 15 is 0 Å². The van der Waals surface area contributed by atoms with Gasteiger partial charge in [-0.1, -0.05) is 11.6 Å². The van der Waals surface area contributed by atoms with E-state index in [1.807, 2.05) is 0 Å². The van der Waals surface area contributed by atoms with E-state index in [0.717, 1.165) is 0 Å². The lowest BCUT2D eigenvalue weighted by atomic mass is 10.2. The molecule has 0 saturated heterocycles. The summed E-state index contributed by atoms with van der Waals surface area (Å²) in [5, 5.41) is 11.7. The Morgan fingerprint density at radius 3 is 2.78 bits per heavy atom. The molecular formula is C11H12ClF2NO3. The molecule has 2 N–H and O–H groups in total. The maximum absolute atomic E-state index is 12.1. The first-order valence-electron chi connectivity index (χ1n) is 5.09. The Balaban J connectivity index is 2.79. The van der Waals surface area contributed by atoms with Crippen LogP contribution in [0.4, 0.5) is 8.78 Å². The summed E-state index contributed by atoms with van der Waals surface area (Å²) in [7, 11) is 0. The minimum absolute atomic E-state index is 0.0631. The van der Waals surface area contributed by atoms with Gasteiger partial charge in [0.2, 0.25) is 5.91 Å². The molecule has 0 aliphatic carbocycles. The zero-order chi connectivity index (χ0) is 13.7. The second kappa shape index (κ2) is 6.51. The van der Waals surface area contributed by atoms with E-state index in [1.54, 1.807) is 0 Å². The fourth-order valence-electron chi connectivity index (χ4n) is 1.23. The van der Waals surface area contributed by atoms with Crippen molar-refractivity contribution in [1.29, 1.82) is 0 Å². The van der Waals surface area contributed by atoms with Crippen LogP contribution in [0.25, 0.3) is 0 Å². The Hall–Kier alpha value is -1.40. The normalized spacial score (nSPS) is 12.3. The van der Waals surface area contributed by atoms with E-state index in [-0.39, 0.29) is 12.3 Å². The monoisotopic (exact) mass is 279 g/mol. The number of carbonyl (C=O) groups is 1. The molecule has 1 aromatic carbocycles. The second-order valence-electron chi connectivity index (χ2n) is 3.52. The molecule has 0 bridgehead atoms. The number of ether oxygens (including phenoxy) is 1. The lowest BCUT2D eigenvalue weighted by molar-refractivity contribution is -0.128. The van der Waals surface area contributed by atoms with Gasteiger partial charge in [-0.3, -0.25) is 4.79 Å². The van der Waals surface area contributed by atoms with Crippen molar-refractivity contribution in [1.82, 2.24) is 5.32 Å². The van der Waals surface area contributed by atoms with E-state index in [0.29, 0.717) is 10.6 Å². The standard InChI is InChI=1S/C11H12ClF2NO3/c1-6(16)10(17)15-5-7-4-8(12)2-3-9(7)18-11(13)14/h2-4,6,11,16H,5H2,1H3,(H,15,17). The molecule has 1 amide bonds. The van der Waals surface area contributed by atoms with Crippen molar-refractivity contribution in [2.45, 2.75) is 26.2 Å². The van der Waals surface area contributed by atoms with E-state index in [2.05, 4.69) is 10.1 Å². The second-order valence-corrected chi connectivity index (χ2v) is 3.96. The van der Waals surface area contributed by atoms with Gasteiger partial charge < -0.3 is 15.2 Å². The van der Waals surface area contributed by atoms with Crippen LogP contribution in [0, 0.1) is 0 Å². The molecule has 0 aliphatic heterocycles. The Labute approximate surface area is 108 Å². The molecule has 1 atom stereocenters. The molecule has 0 aliphatic rings. The highest BCUT2D eigenvalue weighted by Gasteiger charge is 2.13. The molecule has 4 nitrogen and oxygen atoms in total. The van der Waals surface area contributed by atoms with Crippen molar-refractivity contribution in [2.24, 2.45) is 0 Å². The van der Waals surface area contributed by atoms with Crippen molar-refractivity contribution in [3.63, 3.8) is 0 Å². The fourth-order valence-corrected chi connectivity index (χ4v) is 1.42. The number of aliphatic hydroxyl groups is 1. The first-order chi connectivity index (χ1) is 8.40. The first kappa shape index (κ1) is 14.7. The summed E-state index contributed by atoms with van der Waals surface area (Å²) in [5.41, 5.74) is 0.303. The van der Waals surface area contributed by atoms with Crippen molar-refractivity contribution in [3.05, 3.63) is 28.8 Å². The Bertz CT molecular complexity index is 427. The van der Waals surface area contributed by atoms with Crippen LogP contribution >= 0.6 is 11.6 Å². The van der Waals surface area contributed by atoms with E-state index < -0.39 is 18.6 Å². The van der Waals surface area contributed by atoms with Crippen molar-refractivity contribution < 1.29 is 23.4 Å². The van der Waals surface area contributed by atoms with Crippen LogP contribution in [0.5, 0.6) is 5.75 Å². The quantitative estimate of drug-likeness (QED) is 0.866. The third-order valence-electron chi connectivity index (χ3n) is 2.07. The van der Waals surface area contributed by atoms with Crippen LogP contribution in [0.2, 0.25) is 5.02 Å². The van der Waals surface area contributed by atoms with Gasteiger partial charge in [0.25, 0.3) is 0 Å². The molecule has 0 aromatic heterocycles. The number of rotatable bonds is 5. The number of amides is 1. The summed E-state index contributed by atoms with van der Waals surface area (Å²) in [4.78, 5) is 11.2. The summed E-state index contributed by atoms with van der Waals surface area (Å²) in [6.45, 7) is -1.73. The van der Waals surface area contributed by atoms with Crippen LogP contribution in [0.3, 0.4) is 0 Å². The zero-order valence-electron chi connectivity index (χ0n) is 9.49. The summed E-state index contributed by atoms with van der Waals surface area (Å²) < 4.78 is 28.6. The largest absolute Gasteiger partial charge is 0.434 e. The summed E-state index contributed by atoms with van der Waals surface area (Å²) in [6.07, 6.45) is -1.18. The third kappa shape index (κ3) is 4.46. The van der Waals surface area contributed by atoms with Gasteiger partial charge in [-0.25, -0.2) is 0 Å². The highest BCUT2D eigenvalue weighted by Crippen LogP contribution is 2.24. The minimum Gasteiger partial charge on any atom is -0.434 e. The SMILES string of the molecule is CC(O)C(=O)NCc1cc(Cl)ccc1OC(F)F. The molecule has 1 unspecified atom stereocenters. The number of hydrogen-bond donors (Lipinski definition) is 2. The van der Waals surface area contributed by atoms with Gasteiger partial charge in [0, 0.05) is 17.1 Å². The van der Waals surface area contributed by atoms with Crippen LogP contribution in [-0.2, 0) is 11.3 Å². The molecule has 0 saturated carbocycles. The Morgan fingerprint density at radius 1 is 1.56 bits per heavy atom. The predicted molar refractivity (Wildman–Crippen MR) is 61.6 cm³/mol. The van der Waals surface area contributed by atoms with E-state index in [4.69, 9.17) is 16.7 Å². The molecule has 0 spiro atoms. The Kier molecular flexibility index (Phi) is 5.30. The van der Waals surface area contributed by atoms with Crippen LogP contribution < -0.4 is 10.1 Å². The van der Waals surface area contributed by atoms with Gasteiger partial charge in [-0.15, -0.1) is 0 Å². The molecule has 0 radical (unpaired) electrons. The number of nitrogens with one attached hydrogen (secondary N) is 1. The first-order valence-corrected chi connectivity index (χ1v) is 5.47. The predicted octanol–water partition coefficient (Wildman–Crippen LogP) is 1.94. The minimum atomic E-state index is -2.96. The number of benzene rings is 1. The lowest BCUT2D eigenvalue weighted by Gasteiger charge is -2.12. The average molecular weight is 280 g/mol. The van der Waals surface area contributed by atoms with Crippen LogP contribution in [0.15, 0.2) is 18.2 Å². The zero-order valence-corrected chi connectivity index (χ0v) is 10.2. The lowest BCUT2D eigenvalue weighted by Crippen LogP contribution is -2.32. The highest BCUT2D eigenvalue weighted by atomic mass is 35.5. The topological polar surface area (TPSA) is 58.6 Å². The van der Waals surface area contributed by atoms with Gasteiger partial charge in [-0.05, 0) is 25.1 Å². The molecule has 18 heavy (non-hydrogen) atoms. The molecule has 0 fully saturated rings. The van der Waals surface area contributed by atoms with Crippen LogP contribution in [-0.4, -0.2) is 23.7 Å². The highest BCUT2D eigenvalue weighted by molar-refractivity contribution is 6.30. The smallest absolute Gasteiger partial charge is 0.387 e. The van der Waals surface area contributed by atoms with E-state index in [1.165, 1.54) is 25.1 Å². The van der Waals surface area contributed by atoms with E-state index in [9.17, 15) is 13.6 Å². The molecular weight excluding hydrogens is 268 g/mol. The number of hydrogen-bond acceptors (Lipinski definition) is 3. The van der Waals surface area contributed by atoms with Crippen molar-refractivity contribution >= 4 is 17.5 Å². The molecule has 1 aromatic rings. The average Bonchev–Trinajstić information content (AvgIpc) is 2.28. The summed E-state index contributed by atoms with van der Waals surface area (Å²) >= 11 is 5.73. The molecule has 100 valence electrons. The van der Waals surface area contributed by atoms with Crippen LogP contribution in [0.1, 0.15) is 12.5 Å². The maximum Gasteiger partial charge on any atom is 0.387 e. The number of carbonyl (C=O) groups excluding carboxylic acids is 1. The number of alkyl halides is 2. The van der Waals surface area contributed by atoms with Crippen molar-refractivity contribution in [3.8, 4) is 5.75 Å². The molecule has 1 rings (SSSR count). The van der Waals surface area contributed by atoms with Gasteiger partial charge in [-0.2, -0.15) is 8.78 Å². The summed E-state index contributed by atoms with van der Waals surface area (Å²) in [5.74, 6) is -0.682. The Morgan fingerprint density at radius 2 is 2.22 bits per heavy atom. The van der Waals surface area contributed by atoms with Gasteiger partial charge in [0.1, 0.15) is 11.9 Å². The molecule has 7 heteroatoms. The fraction of sp³-hybridized carbons (Fsp3) is 0.364. The van der Waals surface area contributed by atoms with Gasteiger partial charge >= 0.3 is 6.61 Å². The molecule has 0 heterocycles. The van der Waals surface area contributed by atoms with Gasteiger partial charge in [0.05, 0.1) is 0 Å². The third-order valence-corrected chi connectivity index (χ3v) is 2.31. The maximum atomic E-state index is 12.1. The van der Waals surface area contributed by atoms with Crippen molar-refractivity contribution in [2.75, 3.05) is 0 Å². The number of halogens is 3. The number of aliphatic hydroxyl groups excluding tert-OH is 1. The van der Waals surface area contributed by atoms with Gasteiger partial charge in [0.15, 0.2) is 0 Å². The summed E-state index contributed by atoms with van der Waals surface area (Å²) in [6, 6.07) is 4.10.